The third kappa shape index (κ3) is 4.19. The Kier molecular flexibility index (Phi) is 5.53. The van der Waals surface area contributed by atoms with Gasteiger partial charge in [-0.2, -0.15) is 0 Å². The summed E-state index contributed by atoms with van der Waals surface area (Å²) >= 11 is 1.31. The molecule has 23 heavy (non-hydrogen) atoms. The first-order valence-corrected chi connectivity index (χ1v) is 7.48. The fourth-order valence-corrected chi connectivity index (χ4v) is 2.46. The number of hydrogen-bond donors (Lipinski definition) is 1. The normalized spacial score (nSPS) is 10.6. The van der Waals surface area contributed by atoms with Crippen LogP contribution in [0.4, 0.5) is 5.13 Å². The summed E-state index contributed by atoms with van der Waals surface area (Å²) in [6.07, 6.45) is 3.05. The Hall–Kier alpha value is -2.61. The van der Waals surface area contributed by atoms with E-state index < -0.39 is 0 Å². The fraction of sp³-hybridized carbons (Fsp3) is 0.267. The highest BCUT2D eigenvalue weighted by Gasteiger charge is 2.12. The molecule has 1 heterocycles. The number of methoxy groups -OCH3 is 3. The number of aryl methyl sites for hydroxylation is 1. The van der Waals surface area contributed by atoms with Crippen molar-refractivity contribution in [1.29, 1.82) is 0 Å². The molecule has 1 aromatic carbocycles. The summed E-state index contributed by atoms with van der Waals surface area (Å²) in [6, 6.07) is 3.50. The van der Waals surface area contributed by atoms with Crippen LogP contribution in [0.25, 0.3) is 6.08 Å². The van der Waals surface area contributed by atoms with E-state index in [1.54, 1.807) is 18.2 Å². The molecule has 0 aliphatic heterocycles. The van der Waals surface area contributed by atoms with Crippen LogP contribution in [0.2, 0.25) is 0 Å². The van der Waals surface area contributed by atoms with Crippen molar-refractivity contribution in [3.8, 4) is 17.2 Å². The van der Waals surface area contributed by atoms with Crippen LogP contribution >= 0.6 is 11.3 Å². The van der Waals surface area contributed by atoms with Crippen LogP contribution in [0.3, 0.4) is 0 Å². The molecule has 0 saturated heterocycles. The maximum atomic E-state index is 11.9. The minimum Gasteiger partial charge on any atom is -0.493 e. The van der Waals surface area contributed by atoms with Gasteiger partial charge in [0.1, 0.15) is 5.01 Å². The molecule has 0 aliphatic rings. The second-order valence-corrected chi connectivity index (χ2v) is 5.59. The lowest BCUT2D eigenvalue weighted by atomic mass is 10.1. The number of nitrogens with zero attached hydrogens (tertiary/aromatic N) is 2. The Morgan fingerprint density at radius 2 is 1.78 bits per heavy atom. The maximum absolute atomic E-state index is 11.9. The Labute approximate surface area is 137 Å². The van der Waals surface area contributed by atoms with Crippen molar-refractivity contribution in [2.45, 2.75) is 6.92 Å². The molecule has 7 nitrogen and oxygen atoms in total. The van der Waals surface area contributed by atoms with E-state index in [0.29, 0.717) is 22.4 Å². The van der Waals surface area contributed by atoms with Gasteiger partial charge in [0.25, 0.3) is 0 Å². The van der Waals surface area contributed by atoms with E-state index in [2.05, 4.69) is 15.5 Å². The molecule has 1 N–H and O–H groups in total. The Morgan fingerprint density at radius 3 is 2.26 bits per heavy atom. The first-order chi connectivity index (χ1) is 11.1. The Bertz CT molecular complexity index is 702. The number of hydrogen-bond acceptors (Lipinski definition) is 7. The van der Waals surface area contributed by atoms with Crippen LogP contribution < -0.4 is 19.5 Å². The molecule has 8 heteroatoms. The molecule has 2 aromatic rings. The van der Waals surface area contributed by atoms with Crippen LogP contribution in [0, 0.1) is 6.92 Å². The average molecular weight is 335 g/mol. The lowest BCUT2D eigenvalue weighted by Gasteiger charge is -2.12. The van der Waals surface area contributed by atoms with Crippen molar-refractivity contribution in [1.82, 2.24) is 10.2 Å². The van der Waals surface area contributed by atoms with Gasteiger partial charge >= 0.3 is 0 Å². The van der Waals surface area contributed by atoms with Gasteiger partial charge in [-0.15, -0.1) is 10.2 Å². The summed E-state index contributed by atoms with van der Waals surface area (Å²) in [6.45, 7) is 1.82. The summed E-state index contributed by atoms with van der Waals surface area (Å²) < 4.78 is 15.8. The summed E-state index contributed by atoms with van der Waals surface area (Å²) in [5.74, 6) is 1.24. The smallest absolute Gasteiger partial charge is 0.250 e. The first kappa shape index (κ1) is 16.8. The zero-order chi connectivity index (χ0) is 16.8. The molecule has 0 bridgehead atoms. The van der Waals surface area contributed by atoms with Crippen LogP contribution in [0.1, 0.15) is 10.6 Å². The van der Waals surface area contributed by atoms with E-state index in [-0.39, 0.29) is 5.91 Å². The van der Waals surface area contributed by atoms with E-state index in [1.807, 2.05) is 6.92 Å². The van der Waals surface area contributed by atoms with Gasteiger partial charge in [-0.05, 0) is 30.7 Å². The number of anilines is 1. The number of rotatable bonds is 6. The highest BCUT2D eigenvalue weighted by molar-refractivity contribution is 7.15. The topological polar surface area (TPSA) is 82.6 Å². The van der Waals surface area contributed by atoms with Crippen molar-refractivity contribution in [2.24, 2.45) is 0 Å². The number of nitrogens with one attached hydrogen (secondary N) is 1. The molecule has 0 radical (unpaired) electrons. The lowest BCUT2D eigenvalue weighted by molar-refractivity contribution is -0.111. The second kappa shape index (κ2) is 7.59. The van der Waals surface area contributed by atoms with Gasteiger partial charge in [0.15, 0.2) is 11.5 Å². The SMILES string of the molecule is COc1cc(/C=C\C(=O)Nc2nnc(C)s2)cc(OC)c1OC. The van der Waals surface area contributed by atoms with Crippen LogP contribution in [0.5, 0.6) is 17.2 Å². The molecule has 0 saturated carbocycles. The largest absolute Gasteiger partial charge is 0.493 e. The summed E-state index contributed by atoms with van der Waals surface area (Å²) in [4.78, 5) is 11.9. The number of carbonyl (C=O) groups is 1. The van der Waals surface area contributed by atoms with Gasteiger partial charge < -0.3 is 14.2 Å². The van der Waals surface area contributed by atoms with Crippen LogP contribution in [0.15, 0.2) is 18.2 Å². The number of ether oxygens (including phenoxy) is 3. The third-order valence-corrected chi connectivity index (χ3v) is 3.62. The molecule has 0 unspecified atom stereocenters. The third-order valence-electron chi connectivity index (χ3n) is 2.87. The van der Waals surface area contributed by atoms with Crippen molar-refractivity contribution >= 4 is 28.5 Å². The standard InChI is InChI=1S/C15H17N3O4S/c1-9-17-18-15(23-9)16-13(19)6-5-10-7-11(20-2)14(22-4)12(8-10)21-3/h5-8H,1-4H3,(H,16,18,19)/b6-5-. The molecule has 0 fully saturated rings. The quantitative estimate of drug-likeness (QED) is 0.817. The van der Waals surface area contributed by atoms with Crippen LogP contribution in [-0.4, -0.2) is 37.4 Å². The van der Waals surface area contributed by atoms with Gasteiger partial charge in [-0.25, -0.2) is 0 Å². The van der Waals surface area contributed by atoms with Gasteiger partial charge in [0.2, 0.25) is 16.8 Å². The number of amides is 1. The van der Waals surface area contributed by atoms with Gasteiger partial charge in [0.05, 0.1) is 21.3 Å². The van der Waals surface area contributed by atoms with E-state index in [9.17, 15) is 4.79 Å². The van der Waals surface area contributed by atoms with Crippen molar-refractivity contribution in [3.63, 3.8) is 0 Å². The summed E-state index contributed by atoms with van der Waals surface area (Å²) in [5, 5.41) is 11.6. The molecular formula is C15H17N3O4S. The first-order valence-electron chi connectivity index (χ1n) is 6.66. The zero-order valence-electron chi connectivity index (χ0n) is 13.2. The molecular weight excluding hydrogens is 318 g/mol. The van der Waals surface area contributed by atoms with Crippen molar-refractivity contribution < 1.29 is 19.0 Å². The molecule has 0 spiro atoms. The van der Waals surface area contributed by atoms with Crippen molar-refractivity contribution in [2.75, 3.05) is 26.6 Å². The number of carbonyl (C=O) groups excluding carboxylic acids is 1. The summed E-state index contributed by atoms with van der Waals surface area (Å²) in [7, 11) is 4.61. The van der Waals surface area contributed by atoms with Gasteiger partial charge in [-0.1, -0.05) is 11.3 Å². The monoisotopic (exact) mass is 335 g/mol. The predicted octanol–water partition coefficient (Wildman–Crippen LogP) is 2.52. The number of benzene rings is 1. The molecule has 2 rings (SSSR count). The van der Waals surface area contributed by atoms with E-state index in [1.165, 1.54) is 38.7 Å². The molecule has 1 aromatic heterocycles. The lowest BCUT2D eigenvalue weighted by Crippen LogP contribution is -2.07. The highest BCUT2D eigenvalue weighted by atomic mass is 32.1. The average Bonchev–Trinajstić information content (AvgIpc) is 2.96. The molecule has 1 amide bonds. The molecule has 0 atom stereocenters. The fourth-order valence-electron chi connectivity index (χ4n) is 1.86. The Morgan fingerprint density at radius 1 is 1.13 bits per heavy atom. The minimum atomic E-state index is -0.296. The van der Waals surface area contributed by atoms with E-state index in [0.717, 1.165) is 10.6 Å². The van der Waals surface area contributed by atoms with Gasteiger partial charge in [0, 0.05) is 6.08 Å². The van der Waals surface area contributed by atoms with Crippen molar-refractivity contribution in [3.05, 3.63) is 28.8 Å². The van der Waals surface area contributed by atoms with E-state index in [4.69, 9.17) is 14.2 Å². The minimum absolute atomic E-state index is 0.296. The van der Waals surface area contributed by atoms with Gasteiger partial charge in [-0.3, -0.25) is 10.1 Å². The maximum Gasteiger partial charge on any atom is 0.250 e. The molecule has 122 valence electrons. The highest BCUT2D eigenvalue weighted by Crippen LogP contribution is 2.38. The Balaban J connectivity index is 2.16. The van der Waals surface area contributed by atoms with E-state index >= 15 is 0 Å². The second-order valence-electron chi connectivity index (χ2n) is 4.41. The summed E-state index contributed by atoms with van der Waals surface area (Å²) in [5.41, 5.74) is 0.739. The number of aromatic nitrogens is 2. The van der Waals surface area contributed by atoms with Crippen LogP contribution in [-0.2, 0) is 4.79 Å². The molecule has 0 aliphatic carbocycles. The zero-order valence-corrected chi connectivity index (χ0v) is 14.1. The predicted molar refractivity (Wildman–Crippen MR) is 88.4 cm³/mol.